The molecule has 220 valence electrons. The van der Waals surface area contributed by atoms with Crippen LogP contribution in [0.15, 0.2) is 83.3 Å². The van der Waals surface area contributed by atoms with Gasteiger partial charge in [-0.25, -0.2) is 8.70 Å². The number of carbonyl (C=O) groups is 2. The summed E-state index contributed by atoms with van der Waals surface area (Å²) >= 11 is 3.41. The molecule has 0 spiro atoms. The largest absolute Gasteiger partial charge is 0.354 e. The minimum Gasteiger partial charge on any atom is -0.354 e. The standard InChI is InChI=1S/C30H36BrFN4O4S/c1-22(2)19-33-30(38)28(18-23-10-6-5-7-11-23)35(20-24-14-16-25(31)17-15-24)29(37)21-36(41(39,40)34(3)4)27-13-9-8-12-26(27)32/h5-17,22,28H,18-21H2,1-4H3,(H,33,38). The molecule has 3 aromatic rings. The maximum Gasteiger partial charge on any atom is 0.304 e. The Balaban J connectivity index is 2.09. The Bertz CT molecular complexity index is 1420. The summed E-state index contributed by atoms with van der Waals surface area (Å²) in [6.07, 6.45) is 0.202. The number of hydrogen-bond donors (Lipinski definition) is 1. The number of nitrogens with zero attached hydrogens (tertiary/aromatic N) is 3. The average Bonchev–Trinajstić information content (AvgIpc) is 2.94. The van der Waals surface area contributed by atoms with Gasteiger partial charge in [-0.2, -0.15) is 12.7 Å². The summed E-state index contributed by atoms with van der Waals surface area (Å²) in [6, 6.07) is 21.0. The lowest BCUT2D eigenvalue weighted by atomic mass is 10.0. The van der Waals surface area contributed by atoms with Gasteiger partial charge >= 0.3 is 10.2 Å². The molecule has 0 fully saturated rings. The second-order valence-corrected chi connectivity index (χ2v) is 13.2. The second-order valence-electron chi connectivity index (χ2n) is 10.2. The summed E-state index contributed by atoms with van der Waals surface area (Å²) in [5.74, 6) is -1.63. The highest BCUT2D eigenvalue weighted by Gasteiger charge is 2.35. The van der Waals surface area contributed by atoms with Crippen molar-refractivity contribution in [3.8, 4) is 0 Å². The molecule has 0 bridgehead atoms. The Morgan fingerprint density at radius 1 is 0.902 bits per heavy atom. The lowest BCUT2D eigenvalue weighted by molar-refractivity contribution is -0.140. The van der Waals surface area contributed by atoms with Gasteiger partial charge in [0.05, 0.1) is 5.69 Å². The van der Waals surface area contributed by atoms with E-state index >= 15 is 0 Å². The van der Waals surface area contributed by atoms with Gasteiger partial charge in [-0.3, -0.25) is 9.59 Å². The topological polar surface area (TPSA) is 90.0 Å². The number of rotatable bonds is 13. The van der Waals surface area contributed by atoms with Crippen LogP contribution in [-0.4, -0.2) is 62.7 Å². The van der Waals surface area contributed by atoms with Crippen LogP contribution < -0.4 is 9.62 Å². The zero-order valence-electron chi connectivity index (χ0n) is 23.6. The summed E-state index contributed by atoms with van der Waals surface area (Å²) in [5, 5.41) is 2.93. The molecule has 0 aliphatic heterocycles. The molecule has 3 aromatic carbocycles. The van der Waals surface area contributed by atoms with Gasteiger partial charge in [0.15, 0.2) is 0 Å². The number of nitrogens with one attached hydrogen (secondary N) is 1. The zero-order chi connectivity index (χ0) is 30.2. The van der Waals surface area contributed by atoms with Gasteiger partial charge in [-0.05, 0) is 41.3 Å². The van der Waals surface area contributed by atoms with Crippen molar-refractivity contribution in [1.82, 2.24) is 14.5 Å². The van der Waals surface area contributed by atoms with Crippen molar-refractivity contribution in [3.05, 3.63) is 100 Å². The van der Waals surface area contributed by atoms with E-state index in [1.165, 1.54) is 37.2 Å². The van der Waals surface area contributed by atoms with E-state index in [1.807, 2.05) is 68.4 Å². The van der Waals surface area contributed by atoms with Crippen LogP contribution in [0.2, 0.25) is 0 Å². The molecule has 0 aliphatic carbocycles. The molecule has 8 nitrogen and oxygen atoms in total. The Hall–Kier alpha value is -3.28. The van der Waals surface area contributed by atoms with E-state index in [1.54, 1.807) is 0 Å². The molecule has 0 heterocycles. The third-order valence-electron chi connectivity index (χ3n) is 6.36. The van der Waals surface area contributed by atoms with Crippen LogP contribution in [0.25, 0.3) is 0 Å². The smallest absolute Gasteiger partial charge is 0.304 e. The monoisotopic (exact) mass is 646 g/mol. The van der Waals surface area contributed by atoms with Gasteiger partial charge in [0, 0.05) is 38.1 Å². The summed E-state index contributed by atoms with van der Waals surface area (Å²) in [4.78, 5) is 29.2. The summed E-state index contributed by atoms with van der Waals surface area (Å²) < 4.78 is 44.1. The molecule has 0 radical (unpaired) electrons. The van der Waals surface area contributed by atoms with Crippen molar-refractivity contribution < 1.29 is 22.4 Å². The maximum absolute atomic E-state index is 14.9. The van der Waals surface area contributed by atoms with E-state index in [4.69, 9.17) is 0 Å². The lowest BCUT2D eigenvalue weighted by Crippen LogP contribution is -2.54. The van der Waals surface area contributed by atoms with Gasteiger partial charge < -0.3 is 10.2 Å². The highest BCUT2D eigenvalue weighted by atomic mass is 79.9. The summed E-state index contributed by atoms with van der Waals surface area (Å²) in [6.45, 7) is 3.67. The van der Waals surface area contributed by atoms with Crippen LogP contribution in [0.4, 0.5) is 10.1 Å². The molecule has 0 aliphatic rings. The molecule has 0 saturated heterocycles. The molecule has 0 aromatic heterocycles. The third kappa shape index (κ3) is 8.85. The first-order chi connectivity index (χ1) is 19.4. The van der Waals surface area contributed by atoms with E-state index < -0.39 is 34.5 Å². The molecule has 1 unspecified atom stereocenters. The van der Waals surface area contributed by atoms with Gasteiger partial charge in [0.2, 0.25) is 11.8 Å². The molecule has 0 saturated carbocycles. The maximum atomic E-state index is 14.9. The fraction of sp³-hybridized carbons (Fsp3) is 0.333. The number of amides is 2. The molecule has 1 atom stereocenters. The molecule has 11 heteroatoms. The van der Waals surface area contributed by atoms with Crippen LogP contribution in [-0.2, 0) is 32.8 Å². The quantitative estimate of drug-likeness (QED) is 0.294. The highest BCUT2D eigenvalue weighted by molar-refractivity contribution is 9.10. The summed E-state index contributed by atoms with van der Waals surface area (Å²) in [5.41, 5.74) is 1.31. The average molecular weight is 648 g/mol. The van der Waals surface area contributed by atoms with Crippen LogP contribution in [0.1, 0.15) is 25.0 Å². The van der Waals surface area contributed by atoms with Crippen LogP contribution in [0.5, 0.6) is 0 Å². The Morgan fingerprint density at radius 2 is 1.51 bits per heavy atom. The van der Waals surface area contributed by atoms with Gasteiger partial charge in [-0.15, -0.1) is 0 Å². The highest BCUT2D eigenvalue weighted by Crippen LogP contribution is 2.24. The number of hydrogen-bond acceptors (Lipinski definition) is 4. The molecule has 2 amide bonds. The number of carbonyl (C=O) groups excluding carboxylic acids is 2. The van der Waals surface area contributed by atoms with E-state index in [-0.39, 0.29) is 30.5 Å². The van der Waals surface area contributed by atoms with Crippen LogP contribution in [0, 0.1) is 11.7 Å². The minimum atomic E-state index is -4.28. The van der Waals surface area contributed by atoms with Crippen molar-refractivity contribution in [2.45, 2.75) is 32.9 Å². The zero-order valence-corrected chi connectivity index (χ0v) is 26.0. The first-order valence-electron chi connectivity index (χ1n) is 13.2. The van der Waals surface area contributed by atoms with Crippen molar-refractivity contribution in [3.63, 3.8) is 0 Å². The molecule has 41 heavy (non-hydrogen) atoms. The molecular formula is C30H36BrFN4O4S. The number of para-hydroxylation sites is 1. The van der Waals surface area contributed by atoms with Gasteiger partial charge in [0.1, 0.15) is 18.4 Å². The third-order valence-corrected chi connectivity index (χ3v) is 8.70. The van der Waals surface area contributed by atoms with E-state index in [9.17, 15) is 22.4 Å². The molecule has 3 rings (SSSR count). The Kier molecular flexibility index (Phi) is 11.5. The predicted molar refractivity (Wildman–Crippen MR) is 163 cm³/mol. The normalized spacial score (nSPS) is 12.3. The van der Waals surface area contributed by atoms with Crippen molar-refractivity contribution >= 4 is 43.6 Å². The fourth-order valence-corrected chi connectivity index (χ4v) is 5.45. The molecule has 1 N–H and O–H groups in total. The first-order valence-corrected chi connectivity index (χ1v) is 15.4. The fourth-order valence-electron chi connectivity index (χ4n) is 4.12. The van der Waals surface area contributed by atoms with E-state index in [0.717, 1.165) is 30.3 Å². The van der Waals surface area contributed by atoms with Crippen LogP contribution >= 0.6 is 15.9 Å². The summed E-state index contributed by atoms with van der Waals surface area (Å²) in [7, 11) is -1.65. The Labute approximate surface area is 250 Å². The Morgan fingerprint density at radius 3 is 2.10 bits per heavy atom. The molecular weight excluding hydrogens is 611 g/mol. The van der Waals surface area contributed by atoms with Gasteiger partial charge in [0.25, 0.3) is 0 Å². The number of benzene rings is 3. The SMILES string of the molecule is CC(C)CNC(=O)C(Cc1ccccc1)N(Cc1ccc(Br)cc1)C(=O)CN(c1ccccc1F)S(=O)(=O)N(C)C. The predicted octanol–water partition coefficient (Wildman–Crippen LogP) is 4.61. The lowest BCUT2D eigenvalue weighted by Gasteiger charge is -2.34. The second kappa shape index (κ2) is 14.6. The van der Waals surface area contributed by atoms with Gasteiger partial charge in [-0.1, -0.05) is 84.4 Å². The van der Waals surface area contributed by atoms with Crippen LogP contribution in [0.3, 0.4) is 0 Å². The van der Waals surface area contributed by atoms with E-state index in [0.29, 0.717) is 6.54 Å². The van der Waals surface area contributed by atoms with Crippen molar-refractivity contribution in [2.24, 2.45) is 5.92 Å². The van der Waals surface area contributed by atoms with Crippen molar-refractivity contribution in [1.29, 1.82) is 0 Å². The number of halogens is 2. The minimum absolute atomic E-state index is 0.0336. The van der Waals surface area contributed by atoms with Crippen molar-refractivity contribution in [2.75, 3.05) is 31.5 Å². The number of anilines is 1. The first kappa shape index (κ1) is 32.2. The van der Waals surface area contributed by atoms with E-state index in [2.05, 4.69) is 21.2 Å².